The first kappa shape index (κ1) is 13.6. The molecule has 4 nitrogen and oxygen atoms in total. The van der Waals surface area contributed by atoms with Gasteiger partial charge >= 0.3 is 0 Å². The van der Waals surface area contributed by atoms with Crippen LogP contribution in [0.4, 0.5) is 5.69 Å². The highest BCUT2D eigenvalue weighted by Crippen LogP contribution is 2.19. The normalized spacial score (nSPS) is 13.8. The second kappa shape index (κ2) is 6.91. The highest BCUT2D eigenvalue weighted by atomic mass is 16.2. The standard InChI is InChI=1S/C15H19N3O/c16-10-4-12-18(14-5-2-1-3-6-14)15(19)9-11-17-13-7-8-13/h1-3,5-6,13,17H,4,7-9,11-12H2. The molecule has 1 N–H and O–H groups in total. The summed E-state index contributed by atoms with van der Waals surface area (Å²) in [6.07, 6.45) is 3.30. The molecule has 0 unspecified atom stereocenters. The predicted octanol–water partition coefficient (Wildman–Crippen LogP) is 2.08. The fourth-order valence-electron chi connectivity index (χ4n) is 1.97. The molecule has 1 fully saturated rings. The first-order valence-electron chi connectivity index (χ1n) is 6.77. The van der Waals surface area contributed by atoms with Gasteiger partial charge in [0.2, 0.25) is 5.91 Å². The molecule has 4 heteroatoms. The number of amides is 1. The predicted molar refractivity (Wildman–Crippen MR) is 74.7 cm³/mol. The van der Waals surface area contributed by atoms with Gasteiger partial charge in [-0.05, 0) is 25.0 Å². The Bertz CT molecular complexity index is 448. The molecule has 1 aromatic rings. The number of rotatable bonds is 7. The number of nitrogens with one attached hydrogen (secondary N) is 1. The first-order chi connectivity index (χ1) is 9.31. The van der Waals surface area contributed by atoms with Crippen LogP contribution in [0.2, 0.25) is 0 Å². The van der Waals surface area contributed by atoms with Crippen LogP contribution in [0, 0.1) is 11.3 Å². The van der Waals surface area contributed by atoms with Gasteiger partial charge in [-0.25, -0.2) is 0 Å². The van der Waals surface area contributed by atoms with Crippen molar-refractivity contribution in [3.05, 3.63) is 30.3 Å². The van der Waals surface area contributed by atoms with E-state index < -0.39 is 0 Å². The van der Waals surface area contributed by atoms with Crippen molar-refractivity contribution in [2.45, 2.75) is 31.7 Å². The van der Waals surface area contributed by atoms with E-state index in [-0.39, 0.29) is 5.91 Å². The Kier molecular flexibility index (Phi) is 4.93. The van der Waals surface area contributed by atoms with Crippen LogP contribution < -0.4 is 10.2 Å². The minimum Gasteiger partial charge on any atom is -0.313 e. The molecule has 0 heterocycles. The Morgan fingerprint density at radius 2 is 2.11 bits per heavy atom. The fourth-order valence-corrected chi connectivity index (χ4v) is 1.97. The lowest BCUT2D eigenvalue weighted by molar-refractivity contribution is -0.118. The average Bonchev–Trinajstić information content (AvgIpc) is 3.24. The molecule has 0 spiro atoms. The number of carbonyl (C=O) groups is 1. The summed E-state index contributed by atoms with van der Waals surface area (Å²) in [7, 11) is 0. The summed E-state index contributed by atoms with van der Waals surface area (Å²) in [6, 6.07) is 12.3. The van der Waals surface area contributed by atoms with Crippen LogP contribution in [0.3, 0.4) is 0 Å². The molecule has 1 aromatic carbocycles. The molecule has 2 rings (SSSR count). The minimum absolute atomic E-state index is 0.0783. The SMILES string of the molecule is N#CCCN(C(=O)CCNC1CC1)c1ccccc1. The second-order valence-electron chi connectivity index (χ2n) is 4.77. The molecule has 1 aliphatic carbocycles. The van der Waals surface area contributed by atoms with E-state index in [1.807, 2.05) is 30.3 Å². The van der Waals surface area contributed by atoms with Crippen molar-refractivity contribution in [2.24, 2.45) is 0 Å². The van der Waals surface area contributed by atoms with Gasteiger partial charge in [0.1, 0.15) is 0 Å². The van der Waals surface area contributed by atoms with Crippen molar-refractivity contribution in [1.29, 1.82) is 5.26 Å². The molecule has 0 bridgehead atoms. The quantitative estimate of drug-likeness (QED) is 0.813. The lowest BCUT2D eigenvalue weighted by atomic mass is 10.2. The number of nitriles is 1. The van der Waals surface area contributed by atoms with Crippen molar-refractivity contribution in [1.82, 2.24) is 5.32 Å². The number of hydrogen-bond acceptors (Lipinski definition) is 3. The molecule has 1 aliphatic rings. The maximum atomic E-state index is 12.2. The summed E-state index contributed by atoms with van der Waals surface area (Å²) in [5.41, 5.74) is 0.870. The van der Waals surface area contributed by atoms with Crippen molar-refractivity contribution >= 4 is 11.6 Å². The van der Waals surface area contributed by atoms with Crippen LogP contribution in [-0.4, -0.2) is 25.0 Å². The zero-order valence-electron chi connectivity index (χ0n) is 11.0. The summed E-state index contributed by atoms with van der Waals surface area (Å²) in [5, 5.41) is 12.0. The van der Waals surface area contributed by atoms with Gasteiger partial charge in [0.15, 0.2) is 0 Å². The van der Waals surface area contributed by atoms with Gasteiger partial charge in [0, 0.05) is 31.2 Å². The summed E-state index contributed by atoms with van der Waals surface area (Å²) in [6.45, 7) is 1.18. The zero-order chi connectivity index (χ0) is 13.5. The minimum atomic E-state index is 0.0783. The highest BCUT2D eigenvalue weighted by Gasteiger charge is 2.21. The molecule has 1 saturated carbocycles. The third kappa shape index (κ3) is 4.38. The Morgan fingerprint density at radius 1 is 1.37 bits per heavy atom. The maximum absolute atomic E-state index is 12.2. The summed E-state index contributed by atoms with van der Waals surface area (Å²) in [5.74, 6) is 0.0783. The molecule has 0 radical (unpaired) electrons. The number of benzene rings is 1. The molecular weight excluding hydrogens is 238 g/mol. The van der Waals surface area contributed by atoms with E-state index in [0.29, 0.717) is 25.4 Å². The van der Waals surface area contributed by atoms with Gasteiger partial charge in [-0.2, -0.15) is 5.26 Å². The van der Waals surface area contributed by atoms with Crippen LogP contribution in [0.5, 0.6) is 0 Å². The van der Waals surface area contributed by atoms with Crippen LogP contribution in [-0.2, 0) is 4.79 Å². The monoisotopic (exact) mass is 257 g/mol. The fraction of sp³-hybridized carbons (Fsp3) is 0.467. The van der Waals surface area contributed by atoms with Crippen molar-refractivity contribution < 1.29 is 4.79 Å². The molecule has 100 valence electrons. The summed E-state index contributed by atoms with van der Waals surface area (Å²) < 4.78 is 0. The molecule has 1 amide bonds. The van der Waals surface area contributed by atoms with E-state index in [4.69, 9.17) is 5.26 Å². The van der Waals surface area contributed by atoms with E-state index in [9.17, 15) is 4.79 Å². The zero-order valence-corrected chi connectivity index (χ0v) is 11.0. The van der Waals surface area contributed by atoms with Crippen LogP contribution in [0.15, 0.2) is 30.3 Å². The Hall–Kier alpha value is -1.86. The Morgan fingerprint density at radius 3 is 2.74 bits per heavy atom. The van der Waals surface area contributed by atoms with Crippen LogP contribution >= 0.6 is 0 Å². The number of carbonyl (C=O) groups excluding carboxylic acids is 1. The van der Waals surface area contributed by atoms with Crippen molar-refractivity contribution in [2.75, 3.05) is 18.0 Å². The van der Waals surface area contributed by atoms with Crippen molar-refractivity contribution in [3.63, 3.8) is 0 Å². The molecular formula is C15H19N3O. The van der Waals surface area contributed by atoms with Gasteiger partial charge in [-0.1, -0.05) is 18.2 Å². The van der Waals surface area contributed by atoms with Gasteiger partial charge in [-0.3, -0.25) is 4.79 Å². The van der Waals surface area contributed by atoms with Gasteiger partial charge in [0.05, 0.1) is 12.5 Å². The average molecular weight is 257 g/mol. The molecule has 0 atom stereocenters. The largest absolute Gasteiger partial charge is 0.313 e. The third-order valence-electron chi connectivity index (χ3n) is 3.17. The van der Waals surface area contributed by atoms with Gasteiger partial charge in [0.25, 0.3) is 0 Å². The lowest BCUT2D eigenvalue weighted by Crippen LogP contribution is -2.34. The maximum Gasteiger partial charge on any atom is 0.228 e. The summed E-state index contributed by atoms with van der Waals surface area (Å²) in [4.78, 5) is 13.9. The number of para-hydroxylation sites is 1. The first-order valence-corrected chi connectivity index (χ1v) is 6.77. The van der Waals surface area contributed by atoms with Crippen molar-refractivity contribution in [3.8, 4) is 6.07 Å². The molecule has 0 saturated heterocycles. The number of anilines is 1. The second-order valence-corrected chi connectivity index (χ2v) is 4.77. The Balaban J connectivity index is 1.91. The van der Waals surface area contributed by atoms with Gasteiger partial charge in [-0.15, -0.1) is 0 Å². The van der Waals surface area contributed by atoms with E-state index >= 15 is 0 Å². The van der Waals surface area contributed by atoms with E-state index in [0.717, 1.165) is 12.2 Å². The molecule has 19 heavy (non-hydrogen) atoms. The third-order valence-corrected chi connectivity index (χ3v) is 3.17. The summed E-state index contributed by atoms with van der Waals surface area (Å²) >= 11 is 0. The topological polar surface area (TPSA) is 56.1 Å². The number of nitrogens with zero attached hydrogens (tertiary/aromatic N) is 2. The molecule has 0 aromatic heterocycles. The van der Waals surface area contributed by atoms with E-state index in [1.165, 1.54) is 12.8 Å². The van der Waals surface area contributed by atoms with Crippen LogP contribution in [0.25, 0.3) is 0 Å². The molecule has 0 aliphatic heterocycles. The van der Waals surface area contributed by atoms with Crippen LogP contribution in [0.1, 0.15) is 25.7 Å². The number of hydrogen-bond donors (Lipinski definition) is 1. The highest BCUT2D eigenvalue weighted by molar-refractivity contribution is 5.93. The van der Waals surface area contributed by atoms with E-state index in [1.54, 1.807) is 4.90 Å². The van der Waals surface area contributed by atoms with Gasteiger partial charge < -0.3 is 10.2 Å². The smallest absolute Gasteiger partial charge is 0.228 e. The lowest BCUT2D eigenvalue weighted by Gasteiger charge is -2.21. The van der Waals surface area contributed by atoms with E-state index in [2.05, 4.69) is 11.4 Å². The Labute approximate surface area is 114 Å².